The number of carboxylic acids is 1. The molecule has 1 aliphatic rings. The fourth-order valence-corrected chi connectivity index (χ4v) is 2.86. The van der Waals surface area contributed by atoms with E-state index in [0.29, 0.717) is 18.5 Å². The smallest absolute Gasteiger partial charge is 0.308 e. The number of carboxylic acid groups (broad SMARTS) is 1. The van der Waals surface area contributed by atoms with Gasteiger partial charge in [-0.25, -0.2) is 4.68 Å². The Balaban J connectivity index is 1.74. The van der Waals surface area contributed by atoms with Gasteiger partial charge < -0.3 is 10.0 Å². The Labute approximate surface area is 134 Å². The average Bonchev–Trinajstić information content (AvgIpc) is 3.01. The molecule has 2 aromatic rings. The summed E-state index contributed by atoms with van der Waals surface area (Å²) in [7, 11) is 0. The van der Waals surface area contributed by atoms with Crippen LogP contribution in [0.4, 0.5) is 0 Å². The van der Waals surface area contributed by atoms with E-state index >= 15 is 0 Å². The van der Waals surface area contributed by atoms with Crippen LogP contribution in [0.2, 0.25) is 0 Å². The second-order valence-corrected chi connectivity index (χ2v) is 5.94. The molecule has 2 heterocycles. The van der Waals surface area contributed by atoms with E-state index < -0.39 is 11.9 Å². The van der Waals surface area contributed by atoms with Gasteiger partial charge in [-0.05, 0) is 49.6 Å². The predicted octanol–water partition coefficient (Wildman–Crippen LogP) is 2.12. The molecule has 23 heavy (non-hydrogen) atoms. The molecule has 6 nitrogen and oxygen atoms in total. The van der Waals surface area contributed by atoms with Crippen molar-refractivity contribution in [3.8, 4) is 5.69 Å². The molecule has 1 fully saturated rings. The number of hydrogen-bond donors (Lipinski definition) is 1. The molecule has 1 amide bonds. The maximum Gasteiger partial charge on any atom is 0.308 e. The van der Waals surface area contributed by atoms with Crippen LogP contribution in [-0.4, -0.2) is 44.8 Å². The highest BCUT2D eigenvalue weighted by Crippen LogP contribution is 2.19. The molecule has 0 unspecified atom stereocenters. The van der Waals surface area contributed by atoms with Gasteiger partial charge in [-0.1, -0.05) is 0 Å². The SMILES string of the molecule is Cc1cnn(-c2ccc(C(=O)N3CCC[C@H](C(=O)O)C3)cc2)c1. The van der Waals surface area contributed by atoms with Gasteiger partial charge in [0.2, 0.25) is 0 Å². The first kappa shape index (κ1) is 15.3. The van der Waals surface area contributed by atoms with E-state index in [-0.39, 0.29) is 12.5 Å². The van der Waals surface area contributed by atoms with Crippen molar-refractivity contribution in [2.75, 3.05) is 13.1 Å². The normalized spacial score (nSPS) is 18.0. The number of carbonyl (C=O) groups is 2. The second-order valence-electron chi connectivity index (χ2n) is 5.94. The zero-order valence-electron chi connectivity index (χ0n) is 13.0. The fraction of sp³-hybridized carbons (Fsp3) is 0.353. The lowest BCUT2D eigenvalue weighted by Gasteiger charge is -2.30. The van der Waals surface area contributed by atoms with Crippen molar-refractivity contribution in [1.82, 2.24) is 14.7 Å². The molecule has 1 atom stereocenters. The summed E-state index contributed by atoms with van der Waals surface area (Å²) in [6, 6.07) is 7.22. The third kappa shape index (κ3) is 3.26. The van der Waals surface area contributed by atoms with Crippen molar-refractivity contribution in [3.05, 3.63) is 47.8 Å². The zero-order valence-corrected chi connectivity index (χ0v) is 13.0. The molecule has 1 saturated heterocycles. The van der Waals surface area contributed by atoms with Crippen LogP contribution in [0.15, 0.2) is 36.7 Å². The first-order valence-electron chi connectivity index (χ1n) is 7.68. The van der Waals surface area contributed by atoms with Crippen molar-refractivity contribution in [3.63, 3.8) is 0 Å². The molecule has 1 aromatic heterocycles. The molecule has 120 valence electrons. The lowest BCUT2D eigenvalue weighted by Crippen LogP contribution is -2.42. The quantitative estimate of drug-likeness (QED) is 0.942. The molecule has 3 rings (SSSR count). The van der Waals surface area contributed by atoms with Crippen LogP contribution in [0.25, 0.3) is 5.69 Å². The van der Waals surface area contributed by atoms with Crippen molar-refractivity contribution >= 4 is 11.9 Å². The van der Waals surface area contributed by atoms with Crippen LogP contribution in [-0.2, 0) is 4.79 Å². The summed E-state index contributed by atoms with van der Waals surface area (Å²) in [4.78, 5) is 25.3. The van der Waals surface area contributed by atoms with Gasteiger partial charge in [-0.15, -0.1) is 0 Å². The number of piperidine rings is 1. The number of aromatic nitrogens is 2. The van der Waals surface area contributed by atoms with Gasteiger partial charge in [0, 0.05) is 24.8 Å². The summed E-state index contributed by atoms with van der Waals surface area (Å²) < 4.78 is 1.75. The second kappa shape index (κ2) is 6.24. The highest BCUT2D eigenvalue weighted by molar-refractivity contribution is 5.94. The van der Waals surface area contributed by atoms with E-state index in [1.165, 1.54) is 0 Å². The van der Waals surface area contributed by atoms with E-state index in [2.05, 4.69) is 5.10 Å². The summed E-state index contributed by atoms with van der Waals surface area (Å²) in [6.45, 7) is 2.87. The van der Waals surface area contributed by atoms with E-state index in [0.717, 1.165) is 17.7 Å². The molecular weight excluding hydrogens is 294 g/mol. The Kier molecular flexibility index (Phi) is 4.14. The van der Waals surface area contributed by atoms with Crippen molar-refractivity contribution in [1.29, 1.82) is 0 Å². The number of rotatable bonds is 3. The predicted molar refractivity (Wildman–Crippen MR) is 84.6 cm³/mol. The Hall–Kier alpha value is -2.63. The number of aliphatic carboxylic acids is 1. The minimum atomic E-state index is -0.827. The van der Waals surface area contributed by atoms with Gasteiger partial charge in [-0.3, -0.25) is 9.59 Å². The Bertz CT molecular complexity index is 721. The van der Waals surface area contributed by atoms with Gasteiger partial charge in [0.15, 0.2) is 0 Å². The van der Waals surface area contributed by atoms with Crippen LogP contribution in [0.5, 0.6) is 0 Å². The largest absolute Gasteiger partial charge is 0.481 e. The third-order valence-corrected chi connectivity index (χ3v) is 4.15. The van der Waals surface area contributed by atoms with E-state index in [9.17, 15) is 9.59 Å². The monoisotopic (exact) mass is 313 g/mol. The molecular formula is C17H19N3O3. The summed E-state index contributed by atoms with van der Waals surface area (Å²) >= 11 is 0. The zero-order chi connectivity index (χ0) is 16.4. The number of likely N-dealkylation sites (tertiary alicyclic amines) is 1. The van der Waals surface area contributed by atoms with Gasteiger partial charge in [-0.2, -0.15) is 5.10 Å². The Morgan fingerprint density at radius 1 is 1.26 bits per heavy atom. The topological polar surface area (TPSA) is 75.4 Å². The first-order valence-corrected chi connectivity index (χ1v) is 7.68. The van der Waals surface area contributed by atoms with Crippen LogP contribution in [0.1, 0.15) is 28.8 Å². The molecule has 1 N–H and O–H groups in total. The minimum absolute atomic E-state index is 0.112. The molecule has 0 aliphatic carbocycles. The molecule has 0 saturated carbocycles. The summed E-state index contributed by atoms with van der Waals surface area (Å²) in [5.74, 6) is -1.40. The number of carbonyl (C=O) groups excluding carboxylic acids is 1. The molecule has 0 radical (unpaired) electrons. The highest BCUT2D eigenvalue weighted by Gasteiger charge is 2.28. The van der Waals surface area contributed by atoms with Crippen molar-refractivity contribution in [2.24, 2.45) is 5.92 Å². The van der Waals surface area contributed by atoms with Gasteiger partial charge in [0.25, 0.3) is 5.91 Å². The summed E-state index contributed by atoms with van der Waals surface area (Å²) in [5, 5.41) is 13.4. The van der Waals surface area contributed by atoms with Crippen LogP contribution in [0.3, 0.4) is 0 Å². The number of nitrogens with zero attached hydrogens (tertiary/aromatic N) is 3. The third-order valence-electron chi connectivity index (χ3n) is 4.15. The van der Waals surface area contributed by atoms with Crippen LogP contribution < -0.4 is 0 Å². The summed E-state index contributed by atoms with van der Waals surface area (Å²) in [6.07, 6.45) is 5.06. The molecule has 1 aliphatic heterocycles. The van der Waals surface area contributed by atoms with Gasteiger partial charge in [0.1, 0.15) is 0 Å². The molecule has 0 bridgehead atoms. The lowest BCUT2D eigenvalue weighted by molar-refractivity contribution is -0.143. The number of amides is 1. The number of aryl methyl sites for hydroxylation is 1. The minimum Gasteiger partial charge on any atom is -0.481 e. The lowest BCUT2D eigenvalue weighted by atomic mass is 9.97. The molecule has 0 spiro atoms. The number of benzene rings is 1. The standard InChI is InChI=1S/C17H19N3O3/c1-12-9-18-20(10-12)15-6-4-13(5-7-15)16(21)19-8-2-3-14(11-19)17(22)23/h4-7,9-10,14H,2-3,8,11H2,1H3,(H,22,23)/t14-/m0/s1. The van der Waals surface area contributed by atoms with Crippen LogP contribution in [0, 0.1) is 12.8 Å². The van der Waals surface area contributed by atoms with Gasteiger partial charge >= 0.3 is 5.97 Å². The molecule has 1 aromatic carbocycles. The van der Waals surface area contributed by atoms with E-state index in [1.54, 1.807) is 27.9 Å². The van der Waals surface area contributed by atoms with E-state index in [4.69, 9.17) is 5.11 Å². The molecule has 6 heteroatoms. The first-order chi connectivity index (χ1) is 11.0. The van der Waals surface area contributed by atoms with Crippen molar-refractivity contribution < 1.29 is 14.7 Å². The fourth-order valence-electron chi connectivity index (χ4n) is 2.86. The Morgan fingerprint density at radius 2 is 2.00 bits per heavy atom. The van der Waals surface area contributed by atoms with Crippen molar-refractivity contribution in [2.45, 2.75) is 19.8 Å². The average molecular weight is 313 g/mol. The number of hydrogen-bond acceptors (Lipinski definition) is 3. The van der Waals surface area contributed by atoms with Gasteiger partial charge in [0.05, 0.1) is 17.8 Å². The van der Waals surface area contributed by atoms with E-state index in [1.807, 2.05) is 25.3 Å². The maximum atomic E-state index is 12.5. The maximum absolute atomic E-state index is 12.5. The Morgan fingerprint density at radius 3 is 2.61 bits per heavy atom. The van der Waals surface area contributed by atoms with Crippen LogP contribution >= 0.6 is 0 Å². The summed E-state index contributed by atoms with van der Waals surface area (Å²) in [5.41, 5.74) is 2.53. The highest BCUT2D eigenvalue weighted by atomic mass is 16.4.